The van der Waals surface area contributed by atoms with Crippen LogP contribution in [0, 0.1) is 0 Å². The van der Waals surface area contributed by atoms with Gasteiger partial charge in [0.05, 0.1) is 17.1 Å². The van der Waals surface area contributed by atoms with Crippen molar-refractivity contribution in [2.45, 2.75) is 37.6 Å². The van der Waals surface area contributed by atoms with Crippen molar-refractivity contribution in [1.82, 2.24) is 0 Å². The van der Waals surface area contributed by atoms with E-state index < -0.39 is 10.0 Å². The summed E-state index contributed by atoms with van der Waals surface area (Å²) in [5, 5.41) is 0. The number of hydrogen-bond acceptors (Lipinski definition) is 3. The van der Waals surface area contributed by atoms with Crippen molar-refractivity contribution in [1.29, 1.82) is 0 Å². The number of nitrogens with zero attached hydrogens (tertiary/aromatic N) is 2. The van der Waals surface area contributed by atoms with Gasteiger partial charge in [0, 0.05) is 18.2 Å². The van der Waals surface area contributed by atoms with Crippen LogP contribution in [-0.2, 0) is 21.2 Å². The first kappa shape index (κ1) is 19.2. The maximum Gasteiger partial charge on any atom is 0.264 e. The van der Waals surface area contributed by atoms with Gasteiger partial charge in [-0.2, -0.15) is 0 Å². The highest BCUT2D eigenvalue weighted by Crippen LogP contribution is 2.35. The SMILES string of the molecule is C=CCN(c1ccccc1)S(=O)(=O)c1ccc2c(c1)CC(C)N2C(=O)CC. The lowest BCUT2D eigenvalue weighted by molar-refractivity contribution is -0.118. The van der Waals surface area contributed by atoms with Crippen molar-refractivity contribution in [2.75, 3.05) is 15.7 Å². The molecule has 3 rings (SSSR count). The summed E-state index contributed by atoms with van der Waals surface area (Å²) < 4.78 is 27.9. The van der Waals surface area contributed by atoms with Gasteiger partial charge in [0.2, 0.25) is 5.91 Å². The zero-order chi connectivity index (χ0) is 19.6. The van der Waals surface area contributed by atoms with Gasteiger partial charge in [0.15, 0.2) is 0 Å². The molecule has 0 radical (unpaired) electrons. The van der Waals surface area contributed by atoms with Crippen LogP contribution < -0.4 is 9.21 Å². The smallest absolute Gasteiger partial charge is 0.264 e. The Balaban J connectivity index is 2.02. The zero-order valence-electron chi connectivity index (χ0n) is 15.6. The summed E-state index contributed by atoms with van der Waals surface area (Å²) >= 11 is 0. The number of anilines is 2. The van der Waals surface area contributed by atoms with Gasteiger partial charge in [0.25, 0.3) is 10.0 Å². The van der Waals surface area contributed by atoms with E-state index in [9.17, 15) is 13.2 Å². The van der Waals surface area contributed by atoms with Crippen LogP contribution >= 0.6 is 0 Å². The molecule has 1 atom stereocenters. The van der Waals surface area contributed by atoms with Crippen LogP contribution in [0.15, 0.2) is 66.1 Å². The maximum absolute atomic E-state index is 13.3. The fraction of sp³-hybridized carbons (Fsp3) is 0.286. The van der Waals surface area contributed by atoms with Gasteiger partial charge in [-0.05, 0) is 49.2 Å². The summed E-state index contributed by atoms with van der Waals surface area (Å²) in [7, 11) is -3.74. The highest BCUT2D eigenvalue weighted by atomic mass is 32.2. The normalized spacial score (nSPS) is 16.1. The van der Waals surface area contributed by atoms with Gasteiger partial charge < -0.3 is 4.90 Å². The summed E-state index contributed by atoms with van der Waals surface area (Å²) in [4.78, 5) is 14.2. The number of carbonyl (C=O) groups excluding carboxylic acids is 1. The van der Waals surface area contributed by atoms with Gasteiger partial charge in [-0.25, -0.2) is 8.42 Å². The molecule has 27 heavy (non-hydrogen) atoms. The average molecular weight is 385 g/mol. The second kappa shape index (κ2) is 7.56. The fourth-order valence-electron chi connectivity index (χ4n) is 3.50. The summed E-state index contributed by atoms with van der Waals surface area (Å²) in [6, 6.07) is 14.0. The Hall–Kier alpha value is -2.60. The summed E-state index contributed by atoms with van der Waals surface area (Å²) in [6.07, 6.45) is 2.64. The Kier molecular flexibility index (Phi) is 5.37. The summed E-state index contributed by atoms with van der Waals surface area (Å²) in [5.74, 6) is 0.0504. The van der Waals surface area contributed by atoms with Crippen molar-refractivity contribution in [2.24, 2.45) is 0 Å². The molecule has 2 aromatic carbocycles. The number of para-hydroxylation sites is 1. The molecule has 1 aliphatic rings. The number of benzene rings is 2. The standard InChI is InChI=1S/C21H24N2O3S/c1-4-13-22(18-9-7-6-8-10-18)27(25,26)19-11-12-20-17(15-19)14-16(3)23(20)21(24)5-2/h4,6-12,15-16H,1,5,13-14H2,2-3H3. The third-order valence-corrected chi connectivity index (χ3v) is 6.55. The minimum atomic E-state index is -3.74. The Morgan fingerprint density at radius 3 is 2.59 bits per heavy atom. The van der Waals surface area contributed by atoms with Crippen LogP contribution in [0.1, 0.15) is 25.8 Å². The molecule has 1 heterocycles. The molecular formula is C21H24N2O3S. The predicted molar refractivity (Wildman–Crippen MR) is 109 cm³/mol. The van der Waals surface area contributed by atoms with Crippen LogP contribution in [0.2, 0.25) is 0 Å². The van der Waals surface area contributed by atoms with Crippen molar-refractivity contribution in [3.8, 4) is 0 Å². The number of sulfonamides is 1. The second-order valence-electron chi connectivity index (χ2n) is 6.62. The van der Waals surface area contributed by atoms with Crippen LogP contribution in [0.5, 0.6) is 0 Å². The van der Waals surface area contributed by atoms with E-state index in [0.717, 1.165) is 11.3 Å². The molecule has 6 heteroatoms. The van der Waals surface area contributed by atoms with Gasteiger partial charge in [-0.3, -0.25) is 9.10 Å². The van der Waals surface area contributed by atoms with Crippen molar-refractivity contribution in [3.63, 3.8) is 0 Å². The number of carbonyl (C=O) groups is 1. The predicted octanol–water partition coefficient (Wildman–Crippen LogP) is 3.76. The Bertz CT molecular complexity index is 955. The first-order chi connectivity index (χ1) is 12.9. The molecule has 142 valence electrons. The van der Waals surface area contributed by atoms with Crippen molar-refractivity contribution < 1.29 is 13.2 Å². The van der Waals surface area contributed by atoms with Crippen LogP contribution in [0.25, 0.3) is 0 Å². The minimum absolute atomic E-state index is 0.0313. The Labute approximate surface area is 161 Å². The molecule has 5 nitrogen and oxygen atoms in total. The zero-order valence-corrected chi connectivity index (χ0v) is 16.4. The largest absolute Gasteiger partial charge is 0.309 e. The maximum atomic E-state index is 13.3. The highest BCUT2D eigenvalue weighted by Gasteiger charge is 2.32. The van der Waals surface area contributed by atoms with Crippen molar-refractivity contribution in [3.05, 3.63) is 66.7 Å². The topological polar surface area (TPSA) is 57.7 Å². The molecule has 2 aromatic rings. The lowest BCUT2D eigenvalue weighted by Crippen LogP contribution is -2.35. The van der Waals surface area contributed by atoms with Gasteiger partial charge in [-0.15, -0.1) is 6.58 Å². The molecule has 0 aliphatic carbocycles. The van der Waals surface area contributed by atoms with E-state index in [1.54, 1.807) is 53.4 Å². The molecule has 0 bridgehead atoms. The highest BCUT2D eigenvalue weighted by molar-refractivity contribution is 7.92. The fourth-order valence-corrected chi connectivity index (χ4v) is 4.99. The molecule has 0 fully saturated rings. The van der Waals surface area contributed by atoms with E-state index in [4.69, 9.17) is 0 Å². The van der Waals surface area contributed by atoms with Gasteiger partial charge in [0.1, 0.15) is 0 Å². The van der Waals surface area contributed by atoms with E-state index in [-0.39, 0.29) is 23.4 Å². The first-order valence-corrected chi connectivity index (χ1v) is 10.5. The summed E-state index contributed by atoms with van der Waals surface area (Å²) in [6.45, 7) is 7.68. The molecule has 1 aliphatic heterocycles. The number of amides is 1. The van der Waals surface area contributed by atoms with Gasteiger partial charge in [-0.1, -0.05) is 31.2 Å². The van der Waals surface area contributed by atoms with E-state index >= 15 is 0 Å². The molecule has 1 amide bonds. The third-order valence-electron chi connectivity index (χ3n) is 4.76. The van der Waals surface area contributed by atoms with Gasteiger partial charge >= 0.3 is 0 Å². The van der Waals surface area contributed by atoms with Crippen LogP contribution in [0.4, 0.5) is 11.4 Å². The van der Waals surface area contributed by atoms with E-state index in [1.165, 1.54) is 4.31 Å². The lowest BCUT2D eigenvalue weighted by atomic mass is 10.1. The van der Waals surface area contributed by atoms with E-state index in [0.29, 0.717) is 18.5 Å². The van der Waals surface area contributed by atoms with Crippen molar-refractivity contribution >= 4 is 27.3 Å². The molecule has 0 saturated heterocycles. The van der Waals surface area contributed by atoms with E-state index in [1.807, 2.05) is 19.9 Å². The molecule has 1 unspecified atom stereocenters. The van der Waals surface area contributed by atoms with Crippen LogP contribution in [0.3, 0.4) is 0 Å². The molecule has 0 aromatic heterocycles. The quantitative estimate of drug-likeness (QED) is 0.713. The molecular weight excluding hydrogens is 360 g/mol. The third kappa shape index (κ3) is 3.49. The molecule has 0 spiro atoms. The minimum Gasteiger partial charge on any atom is -0.309 e. The molecule has 0 saturated carbocycles. The second-order valence-corrected chi connectivity index (χ2v) is 8.48. The summed E-state index contributed by atoms with van der Waals surface area (Å²) in [5.41, 5.74) is 2.29. The Morgan fingerprint density at radius 1 is 1.26 bits per heavy atom. The number of rotatable bonds is 6. The lowest BCUT2D eigenvalue weighted by Gasteiger charge is -2.24. The average Bonchev–Trinajstić information content (AvgIpc) is 3.00. The number of fused-ring (bicyclic) bond motifs is 1. The Morgan fingerprint density at radius 2 is 1.96 bits per heavy atom. The first-order valence-electron chi connectivity index (χ1n) is 9.03. The van der Waals surface area contributed by atoms with Crippen LogP contribution in [-0.4, -0.2) is 26.9 Å². The molecule has 0 N–H and O–H groups in total. The monoisotopic (exact) mass is 384 g/mol. The number of hydrogen-bond donors (Lipinski definition) is 0. The van der Waals surface area contributed by atoms with E-state index in [2.05, 4.69) is 6.58 Å².